The van der Waals surface area contributed by atoms with Crippen LogP contribution in [-0.4, -0.2) is 19.6 Å². The first-order chi connectivity index (χ1) is 8.83. The molecule has 0 bridgehead atoms. The highest BCUT2D eigenvalue weighted by atomic mass is 35.5. The van der Waals surface area contributed by atoms with Gasteiger partial charge in [0.1, 0.15) is 0 Å². The van der Waals surface area contributed by atoms with Gasteiger partial charge < -0.3 is 5.32 Å². The van der Waals surface area contributed by atoms with Crippen molar-refractivity contribution in [1.29, 1.82) is 0 Å². The third kappa shape index (κ3) is 4.36. The Morgan fingerprint density at radius 1 is 1.21 bits per heavy atom. The molecule has 2 rings (SSSR count). The van der Waals surface area contributed by atoms with Crippen molar-refractivity contribution in [3.8, 4) is 0 Å². The van der Waals surface area contributed by atoms with E-state index in [9.17, 15) is 0 Å². The van der Waals surface area contributed by atoms with Crippen LogP contribution in [0.4, 0.5) is 0 Å². The molecule has 106 valence electrons. The summed E-state index contributed by atoms with van der Waals surface area (Å²) in [6.07, 6.45) is 6.97. The summed E-state index contributed by atoms with van der Waals surface area (Å²) in [6, 6.07) is 2.07. The van der Waals surface area contributed by atoms with E-state index in [-0.39, 0.29) is 12.4 Å². The number of hydrogen-bond acceptors (Lipinski definition) is 3. The van der Waals surface area contributed by atoms with E-state index in [2.05, 4.69) is 46.3 Å². The Labute approximate surface area is 120 Å². The molecule has 2 aromatic heterocycles. The van der Waals surface area contributed by atoms with Crippen LogP contribution >= 0.6 is 12.4 Å². The summed E-state index contributed by atoms with van der Waals surface area (Å²) in [5, 5.41) is 12.0. The lowest BCUT2D eigenvalue weighted by Gasteiger charge is -2.06. The minimum atomic E-state index is 0. The lowest BCUT2D eigenvalue weighted by atomic mass is 10.3. The molecule has 0 radical (unpaired) electrons. The maximum absolute atomic E-state index is 4.31. The van der Waals surface area contributed by atoms with Crippen LogP contribution in [0.5, 0.6) is 0 Å². The SMILES string of the molecule is CCCn1nccc1CNCc1cnn(CC)c1.Cl. The topological polar surface area (TPSA) is 47.7 Å². The average molecular weight is 284 g/mol. The standard InChI is InChI=1S/C13H21N5.ClH/c1-3-7-18-13(5-6-15-18)10-14-8-12-9-16-17(4-2)11-12;/h5-6,9,11,14H,3-4,7-8,10H2,1-2H3;1H. The van der Waals surface area contributed by atoms with Gasteiger partial charge in [0.05, 0.1) is 11.9 Å². The molecule has 0 saturated carbocycles. The van der Waals surface area contributed by atoms with Crippen LogP contribution in [0.2, 0.25) is 0 Å². The maximum atomic E-state index is 4.31. The van der Waals surface area contributed by atoms with Gasteiger partial charge in [0.2, 0.25) is 0 Å². The number of nitrogens with zero attached hydrogens (tertiary/aromatic N) is 4. The lowest BCUT2D eigenvalue weighted by molar-refractivity contribution is 0.549. The Hall–Kier alpha value is -1.33. The summed E-state index contributed by atoms with van der Waals surface area (Å²) in [7, 11) is 0. The summed E-state index contributed by atoms with van der Waals surface area (Å²) >= 11 is 0. The summed E-state index contributed by atoms with van der Waals surface area (Å²) < 4.78 is 4.00. The van der Waals surface area contributed by atoms with Crippen molar-refractivity contribution in [2.45, 2.75) is 46.4 Å². The van der Waals surface area contributed by atoms with Crippen LogP contribution in [0.25, 0.3) is 0 Å². The first kappa shape index (κ1) is 15.7. The van der Waals surface area contributed by atoms with Gasteiger partial charge in [-0.25, -0.2) is 0 Å². The Kier molecular flexibility index (Phi) is 6.59. The molecule has 0 aliphatic heterocycles. The van der Waals surface area contributed by atoms with Crippen LogP contribution < -0.4 is 5.32 Å². The van der Waals surface area contributed by atoms with E-state index in [1.54, 1.807) is 0 Å². The van der Waals surface area contributed by atoms with E-state index in [0.717, 1.165) is 32.6 Å². The predicted molar refractivity (Wildman–Crippen MR) is 78.2 cm³/mol. The Morgan fingerprint density at radius 2 is 2.05 bits per heavy atom. The molecular weight excluding hydrogens is 262 g/mol. The molecule has 1 N–H and O–H groups in total. The second kappa shape index (κ2) is 7.96. The molecule has 0 spiro atoms. The van der Waals surface area contributed by atoms with Crippen LogP contribution in [0.3, 0.4) is 0 Å². The molecule has 6 heteroatoms. The van der Waals surface area contributed by atoms with Crippen molar-refractivity contribution in [1.82, 2.24) is 24.9 Å². The van der Waals surface area contributed by atoms with E-state index in [1.165, 1.54) is 11.3 Å². The zero-order valence-electron chi connectivity index (χ0n) is 11.5. The quantitative estimate of drug-likeness (QED) is 0.848. The minimum Gasteiger partial charge on any atom is -0.307 e. The van der Waals surface area contributed by atoms with Crippen molar-refractivity contribution < 1.29 is 0 Å². The normalized spacial score (nSPS) is 10.4. The number of hydrogen-bond donors (Lipinski definition) is 1. The highest BCUT2D eigenvalue weighted by Gasteiger charge is 2.02. The number of nitrogens with one attached hydrogen (secondary N) is 1. The van der Waals surface area contributed by atoms with Gasteiger partial charge in [-0.15, -0.1) is 12.4 Å². The first-order valence-corrected chi connectivity index (χ1v) is 6.56. The molecule has 19 heavy (non-hydrogen) atoms. The summed E-state index contributed by atoms with van der Waals surface area (Å²) in [5.74, 6) is 0. The first-order valence-electron chi connectivity index (χ1n) is 6.56. The van der Waals surface area contributed by atoms with E-state index in [1.807, 2.05) is 17.1 Å². The van der Waals surface area contributed by atoms with Crippen LogP contribution in [0.1, 0.15) is 31.5 Å². The zero-order valence-corrected chi connectivity index (χ0v) is 12.4. The highest BCUT2D eigenvalue weighted by molar-refractivity contribution is 5.85. The fourth-order valence-electron chi connectivity index (χ4n) is 1.93. The largest absolute Gasteiger partial charge is 0.307 e. The number of rotatable bonds is 7. The molecule has 2 heterocycles. The van der Waals surface area contributed by atoms with Crippen molar-refractivity contribution >= 4 is 12.4 Å². The van der Waals surface area contributed by atoms with Gasteiger partial charge in [0, 0.05) is 44.1 Å². The fourth-order valence-corrected chi connectivity index (χ4v) is 1.93. The fraction of sp³-hybridized carbons (Fsp3) is 0.538. The summed E-state index contributed by atoms with van der Waals surface area (Å²) in [6.45, 7) is 7.85. The van der Waals surface area contributed by atoms with E-state index < -0.39 is 0 Å². The second-order valence-electron chi connectivity index (χ2n) is 4.35. The Morgan fingerprint density at radius 3 is 2.74 bits per heavy atom. The number of halogens is 1. The molecule has 0 saturated heterocycles. The van der Waals surface area contributed by atoms with Gasteiger partial charge >= 0.3 is 0 Å². The van der Waals surface area contributed by atoms with Crippen LogP contribution in [0, 0.1) is 0 Å². The van der Waals surface area contributed by atoms with E-state index >= 15 is 0 Å². The lowest BCUT2D eigenvalue weighted by Crippen LogP contribution is -2.16. The van der Waals surface area contributed by atoms with Crippen LogP contribution in [0.15, 0.2) is 24.7 Å². The monoisotopic (exact) mass is 283 g/mol. The van der Waals surface area contributed by atoms with Gasteiger partial charge in [0.25, 0.3) is 0 Å². The molecule has 2 aromatic rings. The average Bonchev–Trinajstić information content (AvgIpc) is 3.00. The maximum Gasteiger partial charge on any atom is 0.0534 e. The van der Waals surface area contributed by atoms with Crippen molar-refractivity contribution in [3.05, 3.63) is 35.9 Å². The van der Waals surface area contributed by atoms with Gasteiger partial charge in [-0.3, -0.25) is 9.36 Å². The summed E-state index contributed by atoms with van der Waals surface area (Å²) in [4.78, 5) is 0. The Bertz CT molecular complexity index is 477. The molecule has 5 nitrogen and oxygen atoms in total. The van der Waals surface area contributed by atoms with Crippen LogP contribution in [-0.2, 0) is 26.2 Å². The number of aromatic nitrogens is 4. The van der Waals surface area contributed by atoms with Crippen molar-refractivity contribution in [2.24, 2.45) is 0 Å². The third-order valence-corrected chi connectivity index (χ3v) is 2.89. The van der Waals surface area contributed by atoms with Gasteiger partial charge in [0.15, 0.2) is 0 Å². The third-order valence-electron chi connectivity index (χ3n) is 2.89. The van der Waals surface area contributed by atoms with E-state index in [4.69, 9.17) is 0 Å². The zero-order chi connectivity index (χ0) is 12.8. The molecule has 0 fully saturated rings. The predicted octanol–water partition coefficient (Wildman–Crippen LogP) is 2.22. The van der Waals surface area contributed by atoms with Gasteiger partial charge in [-0.1, -0.05) is 6.92 Å². The number of aryl methyl sites for hydroxylation is 2. The Balaban J connectivity index is 0.00000180. The molecule has 0 amide bonds. The molecule has 0 unspecified atom stereocenters. The highest BCUT2D eigenvalue weighted by Crippen LogP contribution is 2.02. The molecule has 0 aliphatic rings. The summed E-state index contributed by atoms with van der Waals surface area (Å²) in [5.41, 5.74) is 2.46. The van der Waals surface area contributed by atoms with E-state index in [0.29, 0.717) is 0 Å². The molecule has 0 atom stereocenters. The molecule has 0 aliphatic carbocycles. The van der Waals surface area contributed by atoms with Gasteiger partial charge in [-0.2, -0.15) is 10.2 Å². The smallest absolute Gasteiger partial charge is 0.0534 e. The van der Waals surface area contributed by atoms with Gasteiger partial charge in [-0.05, 0) is 19.4 Å². The van der Waals surface area contributed by atoms with Crippen molar-refractivity contribution in [2.75, 3.05) is 0 Å². The molecule has 0 aromatic carbocycles. The minimum absolute atomic E-state index is 0. The molecular formula is C13H22ClN5. The second-order valence-corrected chi connectivity index (χ2v) is 4.35. The van der Waals surface area contributed by atoms with Crippen molar-refractivity contribution in [3.63, 3.8) is 0 Å².